The van der Waals surface area contributed by atoms with Gasteiger partial charge in [0, 0.05) is 12.2 Å². The van der Waals surface area contributed by atoms with Gasteiger partial charge in [0.2, 0.25) is 10.0 Å². The summed E-state index contributed by atoms with van der Waals surface area (Å²) in [6, 6.07) is 4.71. The summed E-state index contributed by atoms with van der Waals surface area (Å²) in [5.74, 6) is 0. The van der Waals surface area contributed by atoms with Crippen LogP contribution < -0.4 is 10.5 Å². The van der Waals surface area contributed by atoms with Crippen LogP contribution in [0.25, 0.3) is 0 Å². The minimum atomic E-state index is -3.65. The van der Waals surface area contributed by atoms with E-state index < -0.39 is 16.1 Å². The molecule has 1 rings (SSSR count). The molecule has 6 heteroatoms. The Morgan fingerprint density at radius 3 is 2.43 bits per heavy atom. The molecule has 0 heterocycles. The highest BCUT2D eigenvalue weighted by molar-refractivity contribution is 7.89. The van der Waals surface area contributed by atoms with Crippen LogP contribution in [0.3, 0.4) is 0 Å². The van der Waals surface area contributed by atoms with Crippen molar-refractivity contribution in [1.29, 1.82) is 0 Å². The van der Waals surface area contributed by atoms with Crippen LogP contribution in [0.5, 0.6) is 0 Å². The summed E-state index contributed by atoms with van der Waals surface area (Å²) in [5.41, 5.74) is 7.16. The van der Waals surface area contributed by atoms with Crippen molar-refractivity contribution in [2.45, 2.75) is 51.5 Å². The van der Waals surface area contributed by atoms with Gasteiger partial charge in [0.25, 0.3) is 0 Å². The molecular formula is C15H26N2O3S. The number of sulfonamides is 1. The fourth-order valence-corrected chi connectivity index (χ4v) is 3.24. The lowest BCUT2D eigenvalue weighted by atomic mass is 9.89. The molecule has 0 aliphatic carbocycles. The van der Waals surface area contributed by atoms with Crippen molar-refractivity contribution < 1.29 is 13.5 Å². The van der Waals surface area contributed by atoms with Gasteiger partial charge in [0.05, 0.1) is 11.0 Å². The zero-order valence-corrected chi connectivity index (χ0v) is 14.0. The summed E-state index contributed by atoms with van der Waals surface area (Å²) < 4.78 is 26.8. The number of nitrogen functional groups attached to an aromatic ring is 1. The lowest BCUT2D eigenvalue weighted by Crippen LogP contribution is -2.34. The number of anilines is 1. The van der Waals surface area contributed by atoms with Gasteiger partial charge < -0.3 is 10.8 Å². The van der Waals surface area contributed by atoms with E-state index in [2.05, 4.69) is 4.72 Å². The molecule has 0 aliphatic rings. The predicted octanol–water partition coefficient (Wildman–Crippen LogP) is 1.91. The van der Waals surface area contributed by atoms with Gasteiger partial charge in [-0.3, -0.25) is 0 Å². The number of aliphatic hydroxyl groups excluding tert-OH is 1. The minimum Gasteiger partial charge on any atom is -0.398 e. The van der Waals surface area contributed by atoms with Gasteiger partial charge in [-0.05, 0) is 36.0 Å². The monoisotopic (exact) mass is 314 g/mol. The Labute approximate surface area is 127 Å². The summed E-state index contributed by atoms with van der Waals surface area (Å²) in [4.78, 5) is 0.125. The summed E-state index contributed by atoms with van der Waals surface area (Å²) >= 11 is 0. The lowest BCUT2D eigenvalue weighted by Gasteiger charge is -2.22. The van der Waals surface area contributed by atoms with Crippen LogP contribution in [0, 0.1) is 5.41 Å². The smallest absolute Gasteiger partial charge is 0.240 e. The predicted molar refractivity (Wildman–Crippen MR) is 85.5 cm³/mol. The highest BCUT2D eigenvalue weighted by Gasteiger charge is 2.20. The number of aryl methyl sites for hydroxylation is 1. The maximum atomic E-state index is 12.2. The third-order valence-corrected chi connectivity index (χ3v) is 4.59. The number of hydrogen-bond donors (Lipinski definition) is 3. The quantitative estimate of drug-likeness (QED) is 0.699. The Morgan fingerprint density at radius 1 is 1.33 bits per heavy atom. The van der Waals surface area contributed by atoms with Crippen LogP contribution in [-0.2, 0) is 16.4 Å². The molecular weight excluding hydrogens is 288 g/mol. The first-order chi connectivity index (χ1) is 9.55. The Bertz CT molecular complexity index is 577. The molecule has 0 amide bonds. The van der Waals surface area contributed by atoms with E-state index in [9.17, 15) is 13.5 Å². The second-order valence-corrected chi connectivity index (χ2v) is 8.25. The van der Waals surface area contributed by atoms with Crippen LogP contribution in [0.15, 0.2) is 23.1 Å². The third-order valence-electron chi connectivity index (χ3n) is 3.17. The van der Waals surface area contributed by atoms with E-state index in [1.54, 1.807) is 6.07 Å². The average molecular weight is 314 g/mol. The van der Waals surface area contributed by atoms with Gasteiger partial charge in [0.1, 0.15) is 0 Å². The molecule has 1 aromatic carbocycles. The molecule has 0 fully saturated rings. The Morgan fingerprint density at radius 2 is 1.95 bits per heavy atom. The minimum absolute atomic E-state index is 0.00492. The maximum Gasteiger partial charge on any atom is 0.240 e. The zero-order valence-electron chi connectivity index (χ0n) is 13.2. The standard InChI is InChI=1S/C15H26N2O3S/c1-5-11-6-7-13(8-14(11)16)21(19,20)17-10-12(18)9-15(2,3)4/h6-8,12,17-18H,5,9-10,16H2,1-4H3. The van der Waals surface area contributed by atoms with Crippen molar-refractivity contribution >= 4 is 15.7 Å². The Kier molecular flexibility index (Phi) is 5.78. The van der Waals surface area contributed by atoms with Crippen LogP contribution >= 0.6 is 0 Å². The first kappa shape index (κ1) is 17.9. The zero-order chi connectivity index (χ0) is 16.3. The number of benzene rings is 1. The van der Waals surface area contributed by atoms with E-state index in [-0.39, 0.29) is 16.9 Å². The van der Waals surface area contributed by atoms with Gasteiger partial charge >= 0.3 is 0 Å². The molecule has 0 radical (unpaired) electrons. The maximum absolute atomic E-state index is 12.2. The van der Waals surface area contributed by atoms with Crippen molar-refractivity contribution in [3.05, 3.63) is 23.8 Å². The van der Waals surface area contributed by atoms with E-state index in [1.807, 2.05) is 27.7 Å². The van der Waals surface area contributed by atoms with E-state index in [0.717, 1.165) is 12.0 Å². The molecule has 1 atom stereocenters. The molecule has 0 saturated heterocycles. The van der Waals surface area contributed by atoms with Gasteiger partial charge in [0.15, 0.2) is 0 Å². The molecule has 120 valence electrons. The van der Waals surface area contributed by atoms with E-state index >= 15 is 0 Å². The van der Waals surface area contributed by atoms with Crippen molar-refractivity contribution in [3.63, 3.8) is 0 Å². The summed E-state index contributed by atoms with van der Waals surface area (Å²) in [5, 5.41) is 9.88. The van der Waals surface area contributed by atoms with Crippen LogP contribution in [-0.4, -0.2) is 26.2 Å². The molecule has 0 aromatic heterocycles. The van der Waals surface area contributed by atoms with E-state index in [0.29, 0.717) is 12.1 Å². The fraction of sp³-hybridized carbons (Fsp3) is 0.600. The largest absolute Gasteiger partial charge is 0.398 e. The molecule has 0 saturated carbocycles. The van der Waals surface area contributed by atoms with Gasteiger partial charge in [-0.15, -0.1) is 0 Å². The van der Waals surface area contributed by atoms with Crippen LogP contribution in [0.2, 0.25) is 0 Å². The van der Waals surface area contributed by atoms with Gasteiger partial charge in [-0.25, -0.2) is 13.1 Å². The number of nitrogens with one attached hydrogen (secondary N) is 1. The average Bonchev–Trinajstić information content (AvgIpc) is 2.34. The molecule has 1 aromatic rings. The molecule has 0 aliphatic heterocycles. The van der Waals surface area contributed by atoms with E-state index in [4.69, 9.17) is 5.73 Å². The highest BCUT2D eigenvalue weighted by atomic mass is 32.2. The lowest BCUT2D eigenvalue weighted by molar-refractivity contribution is 0.125. The van der Waals surface area contributed by atoms with Crippen molar-refractivity contribution in [2.24, 2.45) is 5.41 Å². The fourth-order valence-electron chi connectivity index (χ4n) is 2.13. The van der Waals surface area contributed by atoms with Crippen molar-refractivity contribution in [3.8, 4) is 0 Å². The third kappa shape index (κ3) is 5.65. The number of nitrogens with two attached hydrogens (primary N) is 1. The topological polar surface area (TPSA) is 92.4 Å². The first-order valence-corrected chi connectivity index (χ1v) is 8.59. The van der Waals surface area contributed by atoms with E-state index in [1.165, 1.54) is 12.1 Å². The summed E-state index contributed by atoms with van der Waals surface area (Å²) in [6.07, 6.45) is 0.558. The molecule has 21 heavy (non-hydrogen) atoms. The molecule has 5 nitrogen and oxygen atoms in total. The summed E-state index contributed by atoms with van der Waals surface area (Å²) in [7, 11) is -3.65. The first-order valence-electron chi connectivity index (χ1n) is 7.11. The highest BCUT2D eigenvalue weighted by Crippen LogP contribution is 2.21. The van der Waals surface area contributed by atoms with Crippen LogP contribution in [0.4, 0.5) is 5.69 Å². The molecule has 1 unspecified atom stereocenters. The molecule has 0 spiro atoms. The number of rotatable bonds is 6. The Hall–Kier alpha value is -1.11. The molecule has 0 bridgehead atoms. The van der Waals surface area contributed by atoms with Crippen molar-refractivity contribution in [2.75, 3.05) is 12.3 Å². The van der Waals surface area contributed by atoms with Gasteiger partial charge in [-0.1, -0.05) is 33.8 Å². The van der Waals surface area contributed by atoms with Crippen molar-refractivity contribution in [1.82, 2.24) is 4.72 Å². The van der Waals surface area contributed by atoms with Crippen LogP contribution in [0.1, 0.15) is 39.7 Å². The SMILES string of the molecule is CCc1ccc(S(=O)(=O)NCC(O)CC(C)(C)C)cc1N. The normalized spacial score (nSPS) is 14.1. The Balaban J connectivity index is 2.76. The van der Waals surface area contributed by atoms with Gasteiger partial charge in [-0.2, -0.15) is 0 Å². The molecule has 4 N–H and O–H groups in total. The second kappa shape index (κ2) is 6.77. The summed E-state index contributed by atoms with van der Waals surface area (Å²) in [6.45, 7) is 7.94. The second-order valence-electron chi connectivity index (χ2n) is 6.48. The number of hydrogen-bond acceptors (Lipinski definition) is 4. The number of aliphatic hydroxyl groups is 1.